The lowest BCUT2D eigenvalue weighted by molar-refractivity contribution is -0.140. The molecule has 20 heavy (non-hydrogen) atoms. The van der Waals surface area contributed by atoms with E-state index in [0.29, 0.717) is 12.1 Å². The van der Waals surface area contributed by atoms with Crippen LogP contribution in [-0.4, -0.2) is 29.7 Å². The van der Waals surface area contributed by atoms with Crippen LogP contribution in [0.4, 0.5) is 17.6 Å². The molecular formula is C12H14F4N2O2. The molecular weight excluding hydrogens is 280 g/mol. The molecule has 0 bridgehead atoms. The second-order valence-electron chi connectivity index (χ2n) is 4.31. The topological polar surface area (TPSA) is 75.3 Å². The lowest BCUT2D eigenvalue weighted by Crippen LogP contribution is -2.43. The fourth-order valence-electron chi connectivity index (χ4n) is 1.37. The van der Waals surface area contributed by atoms with Crippen molar-refractivity contribution in [3.8, 4) is 0 Å². The van der Waals surface area contributed by atoms with Gasteiger partial charge >= 0.3 is 6.18 Å². The molecule has 4 N–H and O–H groups in total. The summed E-state index contributed by atoms with van der Waals surface area (Å²) in [4.78, 5) is 11.6. The van der Waals surface area contributed by atoms with E-state index in [1.807, 2.05) is 0 Å². The largest absolute Gasteiger partial charge is 0.419 e. The van der Waals surface area contributed by atoms with Crippen LogP contribution in [0, 0.1) is 5.82 Å². The Bertz CT molecular complexity index is 489. The number of carbonyl (C=O) groups is 1. The molecule has 0 aliphatic rings. The summed E-state index contributed by atoms with van der Waals surface area (Å²) >= 11 is 0. The van der Waals surface area contributed by atoms with Gasteiger partial charge in [-0.25, -0.2) is 4.39 Å². The Labute approximate surface area is 112 Å². The Balaban J connectivity index is 2.85. The van der Waals surface area contributed by atoms with Crippen molar-refractivity contribution in [3.05, 3.63) is 35.1 Å². The number of aliphatic hydroxyl groups is 1. The summed E-state index contributed by atoms with van der Waals surface area (Å²) in [6.45, 7) is 1.30. The summed E-state index contributed by atoms with van der Waals surface area (Å²) in [6, 6.07) is 1.19. The molecule has 0 aromatic heterocycles. The number of nitrogens with two attached hydrogens (primary N) is 1. The monoisotopic (exact) mass is 294 g/mol. The van der Waals surface area contributed by atoms with Crippen molar-refractivity contribution in [1.82, 2.24) is 5.32 Å². The molecule has 2 atom stereocenters. The zero-order valence-electron chi connectivity index (χ0n) is 10.5. The minimum atomic E-state index is -4.88. The molecule has 0 saturated heterocycles. The quantitative estimate of drug-likeness (QED) is 0.732. The fourth-order valence-corrected chi connectivity index (χ4v) is 1.37. The molecule has 1 aromatic carbocycles. The molecule has 0 aliphatic carbocycles. The van der Waals surface area contributed by atoms with Crippen molar-refractivity contribution in [3.63, 3.8) is 0 Å². The first-order valence-electron chi connectivity index (χ1n) is 5.71. The molecule has 4 nitrogen and oxygen atoms in total. The van der Waals surface area contributed by atoms with Crippen molar-refractivity contribution in [2.45, 2.75) is 25.2 Å². The molecule has 0 spiro atoms. The number of benzene rings is 1. The van der Waals surface area contributed by atoms with E-state index in [1.54, 1.807) is 0 Å². The van der Waals surface area contributed by atoms with Crippen LogP contribution in [0.1, 0.15) is 22.8 Å². The molecule has 0 saturated carbocycles. The standard InChI is InChI=1S/C12H14F4N2O2/c1-6(19)10(17)5-18-11(20)7-2-3-9(13)8(4-7)12(14,15)16/h2-4,6,10,19H,5,17H2,1H3,(H,18,20). The third-order valence-corrected chi connectivity index (χ3v) is 2.65. The number of nitrogens with one attached hydrogen (secondary N) is 1. The predicted octanol–water partition coefficient (Wildman–Crippen LogP) is 1.28. The van der Waals surface area contributed by atoms with Crippen molar-refractivity contribution in [2.75, 3.05) is 6.54 Å². The third-order valence-electron chi connectivity index (χ3n) is 2.65. The highest BCUT2D eigenvalue weighted by Gasteiger charge is 2.34. The van der Waals surface area contributed by atoms with Gasteiger partial charge in [0.05, 0.1) is 11.7 Å². The first-order chi connectivity index (χ1) is 9.12. The number of hydrogen-bond acceptors (Lipinski definition) is 3. The van der Waals surface area contributed by atoms with Crippen molar-refractivity contribution >= 4 is 5.91 Å². The first kappa shape index (κ1) is 16.4. The number of amides is 1. The van der Waals surface area contributed by atoms with Gasteiger partial charge in [0, 0.05) is 18.2 Å². The molecule has 8 heteroatoms. The second kappa shape index (κ2) is 6.19. The van der Waals surface area contributed by atoms with Gasteiger partial charge in [-0.05, 0) is 25.1 Å². The van der Waals surface area contributed by atoms with Gasteiger partial charge in [0.2, 0.25) is 0 Å². The van der Waals surface area contributed by atoms with Gasteiger partial charge in [-0.15, -0.1) is 0 Å². The number of hydrogen-bond donors (Lipinski definition) is 3. The van der Waals surface area contributed by atoms with Crippen molar-refractivity contribution in [1.29, 1.82) is 0 Å². The van der Waals surface area contributed by atoms with E-state index in [4.69, 9.17) is 10.8 Å². The average molecular weight is 294 g/mol. The molecule has 1 amide bonds. The van der Waals surface area contributed by atoms with E-state index in [0.717, 1.165) is 6.07 Å². The maximum atomic E-state index is 13.0. The van der Waals surface area contributed by atoms with Crippen LogP contribution < -0.4 is 11.1 Å². The maximum Gasteiger partial charge on any atom is 0.419 e. The van der Waals surface area contributed by atoms with E-state index in [1.165, 1.54) is 6.92 Å². The van der Waals surface area contributed by atoms with Crippen LogP contribution in [0.15, 0.2) is 18.2 Å². The van der Waals surface area contributed by atoms with Gasteiger partial charge in [0.1, 0.15) is 5.82 Å². The summed E-state index contributed by atoms with van der Waals surface area (Å²) < 4.78 is 50.5. The Morgan fingerprint density at radius 2 is 2.05 bits per heavy atom. The van der Waals surface area contributed by atoms with Gasteiger partial charge in [-0.3, -0.25) is 4.79 Å². The van der Waals surface area contributed by atoms with Gasteiger partial charge in [0.25, 0.3) is 5.91 Å². The summed E-state index contributed by atoms with van der Waals surface area (Å²) in [5.74, 6) is -2.28. The Hall–Kier alpha value is -1.67. The van der Waals surface area contributed by atoms with Gasteiger partial charge in [-0.2, -0.15) is 13.2 Å². The summed E-state index contributed by atoms with van der Waals surface area (Å²) in [7, 11) is 0. The van der Waals surface area contributed by atoms with Crippen LogP contribution in [0.5, 0.6) is 0 Å². The minimum absolute atomic E-state index is 0.116. The van der Waals surface area contributed by atoms with Crippen LogP contribution >= 0.6 is 0 Å². The maximum absolute atomic E-state index is 13.0. The zero-order chi connectivity index (χ0) is 15.5. The number of carbonyl (C=O) groups excluding carboxylic acids is 1. The Morgan fingerprint density at radius 3 is 2.55 bits per heavy atom. The van der Waals surface area contributed by atoms with Crippen molar-refractivity contribution in [2.24, 2.45) is 5.73 Å². The highest BCUT2D eigenvalue weighted by Crippen LogP contribution is 2.31. The number of alkyl halides is 3. The van der Waals surface area contributed by atoms with Gasteiger partial charge < -0.3 is 16.2 Å². The molecule has 1 aromatic rings. The van der Waals surface area contributed by atoms with E-state index in [2.05, 4.69) is 5.32 Å². The summed E-state index contributed by atoms with van der Waals surface area (Å²) in [5, 5.41) is 11.4. The average Bonchev–Trinajstić information content (AvgIpc) is 2.34. The minimum Gasteiger partial charge on any atom is -0.392 e. The SMILES string of the molecule is CC(O)C(N)CNC(=O)c1ccc(F)c(C(F)(F)F)c1. The second-order valence-corrected chi connectivity index (χ2v) is 4.31. The Morgan fingerprint density at radius 1 is 1.45 bits per heavy atom. The number of aliphatic hydroxyl groups excluding tert-OH is 1. The third kappa shape index (κ3) is 4.17. The molecule has 0 aliphatic heterocycles. The zero-order valence-corrected chi connectivity index (χ0v) is 10.5. The normalized spacial score (nSPS) is 14.8. The van der Waals surface area contributed by atoms with Gasteiger partial charge in [0.15, 0.2) is 0 Å². The number of halogens is 4. The molecule has 0 fully saturated rings. The molecule has 112 valence electrons. The molecule has 2 unspecified atom stereocenters. The lowest BCUT2D eigenvalue weighted by Gasteiger charge is -2.15. The lowest BCUT2D eigenvalue weighted by atomic mass is 10.1. The van der Waals surface area contributed by atoms with Crippen LogP contribution in [0.25, 0.3) is 0 Å². The molecule has 0 radical (unpaired) electrons. The van der Waals surface area contributed by atoms with Crippen LogP contribution in [0.3, 0.4) is 0 Å². The smallest absolute Gasteiger partial charge is 0.392 e. The van der Waals surface area contributed by atoms with Crippen LogP contribution in [0.2, 0.25) is 0 Å². The highest BCUT2D eigenvalue weighted by atomic mass is 19.4. The predicted molar refractivity (Wildman–Crippen MR) is 63.4 cm³/mol. The summed E-state index contributed by atoms with van der Waals surface area (Å²) in [5.41, 5.74) is 3.62. The fraction of sp³-hybridized carbons (Fsp3) is 0.417. The van der Waals surface area contributed by atoms with Gasteiger partial charge in [-0.1, -0.05) is 0 Å². The molecule has 1 rings (SSSR count). The van der Waals surface area contributed by atoms with E-state index in [-0.39, 0.29) is 12.1 Å². The Kier molecular flexibility index (Phi) is 5.07. The van der Waals surface area contributed by atoms with E-state index < -0.39 is 35.6 Å². The van der Waals surface area contributed by atoms with Crippen LogP contribution in [-0.2, 0) is 6.18 Å². The van der Waals surface area contributed by atoms with Crippen molar-refractivity contribution < 1.29 is 27.5 Å². The number of rotatable bonds is 4. The van der Waals surface area contributed by atoms with E-state index >= 15 is 0 Å². The first-order valence-corrected chi connectivity index (χ1v) is 5.71. The highest BCUT2D eigenvalue weighted by molar-refractivity contribution is 5.94. The van der Waals surface area contributed by atoms with E-state index in [9.17, 15) is 22.4 Å². The molecule has 0 heterocycles. The summed E-state index contributed by atoms with van der Waals surface area (Å²) in [6.07, 6.45) is -5.76.